The third-order valence-electron chi connectivity index (χ3n) is 3.92. The van der Waals surface area contributed by atoms with E-state index in [2.05, 4.69) is 4.84 Å². The van der Waals surface area contributed by atoms with E-state index in [-0.39, 0.29) is 0 Å². The molecule has 3 N–H and O–H groups in total. The van der Waals surface area contributed by atoms with Crippen LogP contribution in [0.25, 0.3) is 0 Å². The summed E-state index contributed by atoms with van der Waals surface area (Å²) in [4.78, 5) is 27.8. The SMILES string of the molecule is CONC(=O)c1ccccc1C1(C(F)(F)F)CC(C(N)=O)=CC=C1F. The second-order valence-electron chi connectivity index (χ2n) is 5.33. The number of nitrogens with one attached hydrogen (secondary N) is 1. The molecule has 0 fully saturated rings. The van der Waals surface area contributed by atoms with Crippen molar-refractivity contribution in [3.63, 3.8) is 0 Å². The first-order valence-corrected chi connectivity index (χ1v) is 7.01. The zero-order valence-corrected chi connectivity index (χ0v) is 13.0. The maximum absolute atomic E-state index is 14.5. The molecule has 1 unspecified atom stereocenters. The Kier molecular flexibility index (Phi) is 4.98. The molecule has 0 spiro atoms. The van der Waals surface area contributed by atoms with Crippen LogP contribution < -0.4 is 11.2 Å². The standard InChI is InChI=1S/C16H14F4N2O3/c1-25-22-14(24)10-4-2-3-5-11(10)15(16(18,19)20)8-9(13(21)23)6-7-12(15)17/h2-7H,8H2,1H3,(H2,21,23)(H,22,24). The average Bonchev–Trinajstić information content (AvgIpc) is 2.54. The van der Waals surface area contributed by atoms with Gasteiger partial charge in [-0.3, -0.25) is 14.4 Å². The molecule has 1 aliphatic rings. The van der Waals surface area contributed by atoms with E-state index in [0.717, 1.165) is 25.3 Å². The third kappa shape index (κ3) is 3.14. The summed E-state index contributed by atoms with van der Waals surface area (Å²) in [6.07, 6.45) is -4.74. The van der Waals surface area contributed by atoms with Crippen molar-refractivity contribution in [3.05, 3.63) is 58.9 Å². The normalized spacial score (nSPS) is 20.5. The van der Waals surface area contributed by atoms with Gasteiger partial charge in [-0.2, -0.15) is 13.2 Å². The number of carbonyl (C=O) groups is 2. The van der Waals surface area contributed by atoms with Gasteiger partial charge in [0.2, 0.25) is 5.91 Å². The zero-order valence-electron chi connectivity index (χ0n) is 13.0. The topological polar surface area (TPSA) is 81.4 Å². The molecule has 0 bridgehead atoms. The minimum absolute atomic E-state index is 0.402. The van der Waals surface area contributed by atoms with Crippen LogP contribution in [0.2, 0.25) is 0 Å². The number of rotatable bonds is 4. The molecule has 5 nitrogen and oxygen atoms in total. The van der Waals surface area contributed by atoms with Crippen LogP contribution in [0.15, 0.2) is 47.8 Å². The molecule has 0 aromatic heterocycles. The zero-order chi connectivity index (χ0) is 18.8. The Balaban J connectivity index is 2.74. The van der Waals surface area contributed by atoms with E-state index >= 15 is 0 Å². The van der Waals surface area contributed by atoms with Gasteiger partial charge in [0.05, 0.1) is 7.11 Å². The summed E-state index contributed by atoms with van der Waals surface area (Å²) in [6.45, 7) is 0. The molecule has 1 aliphatic carbocycles. The Labute approximate surface area is 140 Å². The van der Waals surface area contributed by atoms with Crippen molar-refractivity contribution in [3.8, 4) is 0 Å². The molecule has 1 aromatic rings. The summed E-state index contributed by atoms with van der Waals surface area (Å²) in [5.41, 5.74) is 2.30. The summed E-state index contributed by atoms with van der Waals surface area (Å²) < 4.78 is 56.5. The maximum atomic E-state index is 14.5. The van der Waals surface area contributed by atoms with Crippen molar-refractivity contribution in [1.29, 1.82) is 0 Å². The molecule has 1 aromatic carbocycles. The summed E-state index contributed by atoms with van der Waals surface area (Å²) in [7, 11) is 1.11. The lowest BCUT2D eigenvalue weighted by molar-refractivity contribution is -0.184. The summed E-state index contributed by atoms with van der Waals surface area (Å²) in [6, 6.07) is 4.65. The summed E-state index contributed by atoms with van der Waals surface area (Å²) >= 11 is 0. The lowest BCUT2D eigenvalue weighted by Gasteiger charge is -2.37. The van der Waals surface area contributed by atoms with Crippen molar-refractivity contribution in [2.24, 2.45) is 5.73 Å². The Morgan fingerprint density at radius 2 is 1.88 bits per heavy atom. The lowest BCUT2D eigenvalue weighted by Crippen LogP contribution is -2.47. The van der Waals surface area contributed by atoms with Gasteiger partial charge in [0.15, 0.2) is 0 Å². The fourth-order valence-electron chi connectivity index (χ4n) is 2.73. The molecule has 0 aliphatic heterocycles. The van der Waals surface area contributed by atoms with Crippen LogP contribution in [-0.2, 0) is 15.0 Å². The van der Waals surface area contributed by atoms with E-state index in [9.17, 15) is 27.2 Å². The number of hydroxylamine groups is 1. The van der Waals surface area contributed by atoms with Crippen molar-refractivity contribution < 1.29 is 32.0 Å². The van der Waals surface area contributed by atoms with Gasteiger partial charge in [0.1, 0.15) is 11.2 Å². The quantitative estimate of drug-likeness (QED) is 0.641. The number of allylic oxidation sites excluding steroid dienone is 3. The van der Waals surface area contributed by atoms with E-state index in [1.807, 2.05) is 5.48 Å². The van der Waals surface area contributed by atoms with Crippen molar-refractivity contribution in [1.82, 2.24) is 5.48 Å². The first kappa shape index (κ1) is 18.7. The minimum Gasteiger partial charge on any atom is -0.366 e. The fraction of sp³-hybridized carbons (Fsp3) is 0.250. The highest BCUT2D eigenvalue weighted by Gasteiger charge is 2.61. The molecular formula is C16H14F4N2O3. The molecule has 134 valence electrons. The number of halogens is 4. The van der Waals surface area contributed by atoms with Crippen LogP contribution in [0.4, 0.5) is 17.6 Å². The Bertz CT molecular complexity index is 771. The molecule has 0 saturated heterocycles. The monoisotopic (exact) mass is 358 g/mol. The highest BCUT2D eigenvalue weighted by atomic mass is 19.4. The second kappa shape index (κ2) is 6.67. The molecule has 2 amide bonds. The second-order valence-corrected chi connectivity index (χ2v) is 5.33. The number of alkyl halides is 3. The molecule has 0 radical (unpaired) electrons. The van der Waals surface area contributed by atoms with Crippen LogP contribution in [0.1, 0.15) is 22.3 Å². The van der Waals surface area contributed by atoms with Crippen LogP contribution in [0.5, 0.6) is 0 Å². The Hall–Kier alpha value is -2.68. The summed E-state index contributed by atoms with van der Waals surface area (Å²) in [5.74, 6) is -3.62. The lowest BCUT2D eigenvalue weighted by atomic mass is 9.69. The van der Waals surface area contributed by atoms with Crippen molar-refractivity contribution in [2.45, 2.75) is 18.0 Å². The van der Waals surface area contributed by atoms with E-state index in [0.29, 0.717) is 6.08 Å². The number of hydrogen-bond donors (Lipinski definition) is 2. The molecule has 1 atom stereocenters. The van der Waals surface area contributed by atoms with Gasteiger partial charge in [-0.15, -0.1) is 0 Å². The van der Waals surface area contributed by atoms with Crippen LogP contribution in [0.3, 0.4) is 0 Å². The Morgan fingerprint density at radius 1 is 1.24 bits per heavy atom. The molecule has 25 heavy (non-hydrogen) atoms. The highest BCUT2D eigenvalue weighted by Crippen LogP contribution is 2.53. The molecule has 0 heterocycles. The molecular weight excluding hydrogens is 344 g/mol. The van der Waals surface area contributed by atoms with E-state index in [1.54, 1.807) is 0 Å². The van der Waals surface area contributed by atoms with Crippen LogP contribution in [0, 0.1) is 0 Å². The number of carbonyl (C=O) groups excluding carboxylic acids is 2. The van der Waals surface area contributed by atoms with Gasteiger partial charge < -0.3 is 5.73 Å². The van der Waals surface area contributed by atoms with Crippen LogP contribution in [-0.4, -0.2) is 25.1 Å². The Morgan fingerprint density at radius 3 is 2.44 bits per heavy atom. The third-order valence-corrected chi connectivity index (χ3v) is 3.92. The van der Waals surface area contributed by atoms with Crippen molar-refractivity contribution >= 4 is 11.8 Å². The largest absolute Gasteiger partial charge is 0.405 e. The molecule has 9 heteroatoms. The number of nitrogens with two attached hydrogens (primary N) is 1. The van der Waals surface area contributed by atoms with E-state index in [1.165, 1.54) is 12.1 Å². The van der Waals surface area contributed by atoms with E-state index < -0.39 is 52.4 Å². The predicted octanol–water partition coefficient (Wildman–Crippen LogP) is 2.45. The molecule has 2 rings (SSSR count). The van der Waals surface area contributed by atoms with Crippen LogP contribution >= 0.6 is 0 Å². The number of hydrogen-bond acceptors (Lipinski definition) is 3. The smallest absolute Gasteiger partial charge is 0.366 e. The maximum Gasteiger partial charge on any atom is 0.405 e. The van der Waals surface area contributed by atoms with Gasteiger partial charge in [-0.05, 0) is 17.7 Å². The highest BCUT2D eigenvalue weighted by molar-refractivity contribution is 5.96. The first-order valence-electron chi connectivity index (χ1n) is 7.01. The van der Waals surface area contributed by atoms with Gasteiger partial charge in [-0.25, -0.2) is 9.87 Å². The van der Waals surface area contributed by atoms with Gasteiger partial charge in [-0.1, -0.05) is 24.3 Å². The van der Waals surface area contributed by atoms with E-state index in [4.69, 9.17) is 5.73 Å². The fourth-order valence-corrected chi connectivity index (χ4v) is 2.73. The van der Waals surface area contributed by atoms with Gasteiger partial charge >= 0.3 is 6.18 Å². The average molecular weight is 358 g/mol. The number of benzene rings is 1. The minimum atomic E-state index is -5.13. The molecule has 0 saturated carbocycles. The van der Waals surface area contributed by atoms with Gasteiger partial charge in [0, 0.05) is 17.6 Å². The van der Waals surface area contributed by atoms with Gasteiger partial charge in [0.25, 0.3) is 5.91 Å². The summed E-state index contributed by atoms with van der Waals surface area (Å²) in [5, 5.41) is 0. The van der Waals surface area contributed by atoms with Crippen molar-refractivity contribution in [2.75, 3.05) is 7.11 Å². The first-order chi connectivity index (χ1) is 11.6. The number of amides is 2. The predicted molar refractivity (Wildman–Crippen MR) is 79.7 cm³/mol. The number of primary amides is 1.